The van der Waals surface area contributed by atoms with Gasteiger partial charge in [0.15, 0.2) is 0 Å². The molecule has 2 aromatic carbocycles. The summed E-state index contributed by atoms with van der Waals surface area (Å²) in [5.74, 6) is -1.54. The van der Waals surface area contributed by atoms with Gasteiger partial charge in [-0.2, -0.15) is 0 Å². The average molecular weight is 492 g/mol. The van der Waals surface area contributed by atoms with Crippen molar-refractivity contribution in [3.63, 3.8) is 0 Å². The minimum atomic E-state index is -1.03. The summed E-state index contributed by atoms with van der Waals surface area (Å²) >= 11 is 0. The topological polar surface area (TPSA) is 92.2 Å². The Kier molecular flexibility index (Phi) is 7.83. The first-order valence-electron chi connectivity index (χ1n) is 11.9. The molecule has 0 radical (unpaired) electrons. The molecule has 6 nitrogen and oxygen atoms in total. The number of benzene rings is 2. The predicted molar refractivity (Wildman–Crippen MR) is 133 cm³/mol. The highest BCUT2D eigenvalue weighted by Gasteiger charge is 2.18. The lowest BCUT2D eigenvalue weighted by atomic mass is 9.96. The van der Waals surface area contributed by atoms with Crippen LogP contribution in [0.5, 0.6) is 0 Å². The second-order valence-electron chi connectivity index (χ2n) is 9.04. The lowest BCUT2D eigenvalue weighted by Gasteiger charge is -2.15. The Hall–Kier alpha value is -3.94. The normalized spacial score (nSPS) is 16.0. The van der Waals surface area contributed by atoms with Crippen molar-refractivity contribution < 1.29 is 23.5 Å². The number of hydrogen-bond donors (Lipinski definition) is 2. The molecule has 36 heavy (non-hydrogen) atoms. The van der Waals surface area contributed by atoms with Crippen LogP contribution in [0.3, 0.4) is 0 Å². The molecule has 1 amide bonds. The van der Waals surface area contributed by atoms with E-state index < -0.39 is 12.1 Å². The Morgan fingerprint density at radius 3 is 2.61 bits per heavy atom. The van der Waals surface area contributed by atoms with E-state index in [-0.39, 0.29) is 37.0 Å². The molecular weight excluding hydrogens is 464 g/mol. The molecule has 3 aromatic rings. The van der Waals surface area contributed by atoms with Crippen molar-refractivity contribution in [1.29, 1.82) is 0 Å². The number of carboxylic acid groups (broad SMARTS) is 1. The number of amides is 1. The number of aromatic nitrogens is 2. The largest absolute Gasteiger partial charge is 0.481 e. The molecule has 4 rings (SSSR count). The number of nitrogens with one attached hydrogen (secondary N) is 1. The minimum absolute atomic E-state index is 0.0532. The van der Waals surface area contributed by atoms with Crippen LogP contribution in [-0.4, -0.2) is 33.1 Å². The number of fused-ring (bicyclic) bond motifs is 1. The minimum Gasteiger partial charge on any atom is -0.481 e. The number of alkyl halides is 1. The summed E-state index contributed by atoms with van der Waals surface area (Å²) < 4.78 is 26.7. The Bertz CT molecular complexity index is 1340. The van der Waals surface area contributed by atoms with Gasteiger partial charge in [0.2, 0.25) is 0 Å². The zero-order valence-electron chi connectivity index (χ0n) is 19.9. The highest BCUT2D eigenvalue weighted by atomic mass is 19.1. The van der Waals surface area contributed by atoms with Crippen LogP contribution in [0.4, 0.5) is 8.78 Å². The number of aliphatic carboxylic acids is 1. The standard InChI is InChI=1S/C28H27F2N3O3/c1-17(14-26(34)35)2-12-24-27(19-5-10-22(30)11-6-19)33-23-13-7-20(15-25(23)32-24)28(36)31-16-18-3-8-21(29)9-4-18/h3-10,13,15,17,22H,2,11-12,14,16H2,1H3,(H,31,36)(H,34,35). The lowest BCUT2D eigenvalue weighted by Crippen LogP contribution is -2.22. The third kappa shape index (κ3) is 6.38. The van der Waals surface area contributed by atoms with Crippen LogP contribution < -0.4 is 5.32 Å². The number of aryl methyl sites for hydroxylation is 1. The maximum atomic E-state index is 13.6. The fourth-order valence-electron chi connectivity index (χ4n) is 4.08. The molecule has 0 saturated carbocycles. The third-order valence-electron chi connectivity index (χ3n) is 6.08. The van der Waals surface area contributed by atoms with Gasteiger partial charge >= 0.3 is 5.97 Å². The Morgan fingerprint density at radius 2 is 1.92 bits per heavy atom. The van der Waals surface area contributed by atoms with Gasteiger partial charge in [-0.05, 0) is 66.3 Å². The summed E-state index contributed by atoms with van der Waals surface area (Å²) in [6.45, 7) is 2.13. The van der Waals surface area contributed by atoms with Crippen LogP contribution in [0.25, 0.3) is 16.6 Å². The molecular formula is C28H27F2N3O3. The van der Waals surface area contributed by atoms with E-state index in [9.17, 15) is 18.4 Å². The van der Waals surface area contributed by atoms with Gasteiger partial charge in [0, 0.05) is 24.9 Å². The maximum absolute atomic E-state index is 13.6. The number of carbonyl (C=O) groups is 2. The van der Waals surface area contributed by atoms with Crippen molar-refractivity contribution in [2.24, 2.45) is 5.92 Å². The number of carboxylic acids is 1. The molecule has 1 aromatic heterocycles. The summed E-state index contributed by atoms with van der Waals surface area (Å²) in [6, 6.07) is 11.0. The molecule has 1 heterocycles. The van der Waals surface area contributed by atoms with Crippen molar-refractivity contribution in [3.05, 3.63) is 89.0 Å². The SMILES string of the molecule is CC(CCc1nc2cc(C(=O)NCc3ccc(F)cc3)ccc2nc1C1=CCC(F)C=C1)CC(=O)O. The average Bonchev–Trinajstić information content (AvgIpc) is 2.86. The first-order valence-corrected chi connectivity index (χ1v) is 11.9. The van der Waals surface area contributed by atoms with Gasteiger partial charge in [-0.3, -0.25) is 9.59 Å². The van der Waals surface area contributed by atoms with Crippen LogP contribution in [-0.2, 0) is 17.8 Å². The van der Waals surface area contributed by atoms with Crippen molar-refractivity contribution >= 4 is 28.5 Å². The van der Waals surface area contributed by atoms with E-state index in [1.165, 1.54) is 18.2 Å². The molecule has 2 N–H and O–H groups in total. The van der Waals surface area contributed by atoms with Crippen molar-refractivity contribution in [3.8, 4) is 0 Å². The molecule has 1 aliphatic carbocycles. The monoisotopic (exact) mass is 491 g/mol. The number of halogens is 2. The van der Waals surface area contributed by atoms with E-state index in [0.717, 1.165) is 11.1 Å². The van der Waals surface area contributed by atoms with Crippen LogP contribution in [0.2, 0.25) is 0 Å². The summed E-state index contributed by atoms with van der Waals surface area (Å²) in [4.78, 5) is 33.4. The quantitative estimate of drug-likeness (QED) is 0.417. The van der Waals surface area contributed by atoms with E-state index in [1.54, 1.807) is 42.5 Å². The Morgan fingerprint density at radius 1 is 1.14 bits per heavy atom. The summed E-state index contributed by atoms with van der Waals surface area (Å²) in [5.41, 5.74) is 4.42. The van der Waals surface area contributed by atoms with Gasteiger partial charge in [0.1, 0.15) is 12.0 Å². The highest BCUT2D eigenvalue weighted by Crippen LogP contribution is 2.27. The smallest absolute Gasteiger partial charge is 0.303 e. The van der Waals surface area contributed by atoms with Gasteiger partial charge in [-0.25, -0.2) is 18.7 Å². The summed E-state index contributed by atoms with van der Waals surface area (Å²) in [6.07, 6.45) is 5.36. The van der Waals surface area contributed by atoms with Gasteiger partial charge in [0.05, 0.1) is 22.4 Å². The molecule has 2 unspecified atom stereocenters. The van der Waals surface area contributed by atoms with Crippen molar-refractivity contribution in [2.75, 3.05) is 0 Å². The molecule has 0 aliphatic heterocycles. The molecule has 2 atom stereocenters. The molecule has 0 bridgehead atoms. The zero-order valence-corrected chi connectivity index (χ0v) is 19.9. The number of allylic oxidation sites excluding steroid dienone is 4. The first kappa shape index (κ1) is 25.2. The fraction of sp³-hybridized carbons (Fsp3) is 0.286. The lowest BCUT2D eigenvalue weighted by molar-refractivity contribution is -0.138. The van der Waals surface area contributed by atoms with Gasteiger partial charge in [-0.1, -0.05) is 31.2 Å². The zero-order chi connectivity index (χ0) is 25.7. The van der Waals surface area contributed by atoms with Crippen LogP contribution in [0.1, 0.15) is 53.5 Å². The van der Waals surface area contributed by atoms with E-state index in [4.69, 9.17) is 15.1 Å². The third-order valence-corrected chi connectivity index (χ3v) is 6.08. The van der Waals surface area contributed by atoms with E-state index in [1.807, 2.05) is 6.92 Å². The van der Waals surface area contributed by atoms with Gasteiger partial charge in [0.25, 0.3) is 5.91 Å². The molecule has 8 heteroatoms. The number of carbonyl (C=O) groups excluding carboxylic acids is 1. The molecule has 0 fully saturated rings. The summed E-state index contributed by atoms with van der Waals surface area (Å²) in [7, 11) is 0. The van der Waals surface area contributed by atoms with Crippen LogP contribution >= 0.6 is 0 Å². The van der Waals surface area contributed by atoms with Crippen LogP contribution in [0.15, 0.2) is 60.7 Å². The van der Waals surface area contributed by atoms with Crippen molar-refractivity contribution in [2.45, 2.75) is 45.3 Å². The Balaban J connectivity index is 1.59. The second-order valence-corrected chi connectivity index (χ2v) is 9.04. The van der Waals surface area contributed by atoms with Gasteiger partial charge < -0.3 is 10.4 Å². The van der Waals surface area contributed by atoms with Crippen molar-refractivity contribution in [1.82, 2.24) is 15.3 Å². The summed E-state index contributed by atoms with van der Waals surface area (Å²) in [5, 5.41) is 11.9. The molecule has 1 aliphatic rings. The fourth-order valence-corrected chi connectivity index (χ4v) is 4.08. The highest BCUT2D eigenvalue weighted by molar-refractivity contribution is 5.97. The maximum Gasteiger partial charge on any atom is 0.303 e. The predicted octanol–water partition coefficient (Wildman–Crippen LogP) is 5.42. The second kappa shape index (κ2) is 11.2. The van der Waals surface area contributed by atoms with E-state index in [0.29, 0.717) is 40.8 Å². The molecule has 0 spiro atoms. The van der Waals surface area contributed by atoms with E-state index >= 15 is 0 Å². The number of nitrogens with zero attached hydrogens (tertiary/aromatic N) is 2. The van der Waals surface area contributed by atoms with Crippen LogP contribution in [0, 0.1) is 11.7 Å². The number of rotatable bonds is 9. The van der Waals surface area contributed by atoms with E-state index in [2.05, 4.69) is 5.32 Å². The molecule has 186 valence electrons. The Labute approximate surface area is 207 Å². The van der Waals surface area contributed by atoms with Gasteiger partial charge in [-0.15, -0.1) is 0 Å². The first-order chi connectivity index (χ1) is 17.3. The molecule has 0 saturated heterocycles. The number of hydrogen-bond acceptors (Lipinski definition) is 4.